The van der Waals surface area contributed by atoms with E-state index in [1.54, 1.807) is 42.5 Å². The van der Waals surface area contributed by atoms with Crippen molar-refractivity contribution in [2.75, 3.05) is 4.72 Å². The highest BCUT2D eigenvalue weighted by Crippen LogP contribution is 2.24. The van der Waals surface area contributed by atoms with Crippen molar-refractivity contribution in [3.8, 4) is 0 Å². The molecule has 6 heteroatoms. The van der Waals surface area contributed by atoms with Gasteiger partial charge in [-0.25, -0.2) is 13.4 Å². The van der Waals surface area contributed by atoms with Crippen molar-refractivity contribution in [1.82, 2.24) is 9.55 Å². The summed E-state index contributed by atoms with van der Waals surface area (Å²) in [6.45, 7) is 4.17. The van der Waals surface area contributed by atoms with Crippen molar-refractivity contribution in [3.63, 3.8) is 0 Å². The highest BCUT2D eigenvalue weighted by molar-refractivity contribution is 7.92. The number of aromatic nitrogens is 2. The average molecular weight is 329 g/mol. The van der Waals surface area contributed by atoms with Gasteiger partial charge in [-0.05, 0) is 30.3 Å². The van der Waals surface area contributed by atoms with Gasteiger partial charge in [0.25, 0.3) is 10.0 Å². The number of imidazole rings is 1. The van der Waals surface area contributed by atoms with Crippen LogP contribution in [0.25, 0.3) is 11.0 Å². The Kier molecular flexibility index (Phi) is 3.85. The second kappa shape index (κ2) is 5.70. The molecule has 0 amide bonds. The third-order valence-corrected chi connectivity index (χ3v) is 5.13. The van der Waals surface area contributed by atoms with E-state index in [4.69, 9.17) is 0 Å². The van der Waals surface area contributed by atoms with Crippen LogP contribution < -0.4 is 4.72 Å². The summed E-state index contributed by atoms with van der Waals surface area (Å²) >= 11 is 0. The summed E-state index contributed by atoms with van der Waals surface area (Å²) in [5.74, 6) is 1.28. The van der Waals surface area contributed by atoms with Crippen molar-refractivity contribution in [2.24, 2.45) is 7.05 Å². The van der Waals surface area contributed by atoms with E-state index in [-0.39, 0.29) is 4.90 Å². The minimum atomic E-state index is -3.59. The van der Waals surface area contributed by atoms with Crippen LogP contribution in [0.3, 0.4) is 0 Å². The maximum atomic E-state index is 12.4. The molecule has 0 aliphatic carbocycles. The van der Waals surface area contributed by atoms with Crippen molar-refractivity contribution in [1.29, 1.82) is 0 Å². The normalized spacial score (nSPS) is 12.0. The molecule has 1 aromatic heterocycles. The number of hydrogen-bond acceptors (Lipinski definition) is 3. The number of nitrogens with one attached hydrogen (secondary N) is 1. The molecule has 3 rings (SSSR count). The first-order valence-corrected chi connectivity index (χ1v) is 8.91. The number of fused-ring (bicyclic) bond motifs is 1. The highest BCUT2D eigenvalue weighted by Gasteiger charge is 2.15. The zero-order chi connectivity index (χ0) is 16.6. The number of sulfonamides is 1. The monoisotopic (exact) mass is 329 g/mol. The van der Waals surface area contributed by atoms with Gasteiger partial charge in [0.05, 0.1) is 21.6 Å². The maximum absolute atomic E-state index is 12.4. The fraction of sp³-hybridized carbons (Fsp3) is 0.235. The summed E-state index contributed by atoms with van der Waals surface area (Å²) in [4.78, 5) is 4.84. The van der Waals surface area contributed by atoms with Crippen LogP contribution in [0.2, 0.25) is 0 Å². The first-order chi connectivity index (χ1) is 10.9. The van der Waals surface area contributed by atoms with Crippen molar-refractivity contribution < 1.29 is 8.42 Å². The second-order valence-electron chi connectivity index (χ2n) is 5.81. The number of rotatable bonds is 4. The Hall–Kier alpha value is -2.34. The van der Waals surface area contributed by atoms with Gasteiger partial charge in [0, 0.05) is 13.0 Å². The number of nitrogens with zero attached hydrogens (tertiary/aromatic N) is 2. The van der Waals surface area contributed by atoms with Crippen LogP contribution in [-0.2, 0) is 17.1 Å². The van der Waals surface area contributed by atoms with E-state index in [1.807, 2.05) is 17.7 Å². The Morgan fingerprint density at radius 1 is 1.09 bits per heavy atom. The summed E-state index contributed by atoms with van der Waals surface area (Å²) < 4.78 is 29.4. The molecule has 120 valence electrons. The third-order valence-electron chi connectivity index (χ3n) is 3.74. The zero-order valence-corrected chi connectivity index (χ0v) is 14.1. The van der Waals surface area contributed by atoms with E-state index in [0.717, 1.165) is 16.9 Å². The summed E-state index contributed by atoms with van der Waals surface area (Å²) in [7, 11) is -1.62. The van der Waals surface area contributed by atoms with E-state index in [0.29, 0.717) is 11.6 Å². The first kappa shape index (κ1) is 15.6. The van der Waals surface area contributed by atoms with Gasteiger partial charge in [0.1, 0.15) is 5.82 Å². The van der Waals surface area contributed by atoms with E-state index in [1.165, 1.54) is 0 Å². The molecule has 0 aliphatic rings. The first-order valence-electron chi connectivity index (χ1n) is 7.43. The van der Waals surface area contributed by atoms with Gasteiger partial charge >= 0.3 is 0 Å². The molecule has 0 spiro atoms. The molecule has 0 saturated heterocycles. The lowest BCUT2D eigenvalue weighted by molar-refractivity contribution is 0.601. The zero-order valence-electron chi connectivity index (χ0n) is 13.3. The Balaban J connectivity index is 1.98. The predicted octanol–water partition coefficient (Wildman–Crippen LogP) is 3.50. The van der Waals surface area contributed by atoms with Gasteiger partial charge in [-0.1, -0.05) is 32.0 Å². The molecule has 1 N–H and O–H groups in total. The summed E-state index contributed by atoms with van der Waals surface area (Å²) in [5, 5.41) is 0. The second-order valence-corrected chi connectivity index (χ2v) is 7.49. The Morgan fingerprint density at radius 2 is 1.78 bits per heavy atom. The molecule has 0 bridgehead atoms. The predicted molar refractivity (Wildman–Crippen MR) is 92.1 cm³/mol. The standard InChI is InChI=1S/C17H19N3O2S/c1-12(2)17-18-15-11-13(9-10-16(15)20(17)3)19-23(21,22)14-7-5-4-6-8-14/h4-12,19H,1-3H3. The van der Waals surface area contributed by atoms with E-state index >= 15 is 0 Å². The van der Waals surface area contributed by atoms with Crippen molar-refractivity contribution in [2.45, 2.75) is 24.7 Å². The molecular formula is C17H19N3O2S. The highest BCUT2D eigenvalue weighted by atomic mass is 32.2. The van der Waals surface area contributed by atoms with Gasteiger partial charge in [-0.15, -0.1) is 0 Å². The molecule has 0 fully saturated rings. The molecule has 2 aromatic carbocycles. The van der Waals surface area contributed by atoms with Crippen LogP contribution in [0.1, 0.15) is 25.6 Å². The lowest BCUT2D eigenvalue weighted by Crippen LogP contribution is -2.12. The fourth-order valence-electron chi connectivity index (χ4n) is 2.61. The van der Waals surface area contributed by atoms with Crippen molar-refractivity contribution in [3.05, 3.63) is 54.4 Å². The topological polar surface area (TPSA) is 64.0 Å². The van der Waals surface area contributed by atoms with Crippen molar-refractivity contribution >= 4 is 26.7 Å². The Morgan fingerprint density at radius 3 is 2.43 bits per heavy atom. The molecule has 0 unspecified atom stereocenters. The lowest BCUT2D eigenvalue weighted by atomic mass is 10.2. The summed E-state index contributed by atoms with van der Waals surface area (Å²) in [6.07, 6.45) is 0. The minimum Gasteiger partial charge on any atom is -0.331 e. The van der Waals surface area contributed by atoms with Crippen LogP contribution in [-0.4, -0.2) is 18.0 Å². The van der Waals surface area contributed by atoms with Crippen LogP contribution in [0.5, 0.6) is 0 Å². The molecule has 5 nitrogen and oxygen atoms in total. The summed E-state index contributed by atoms with van der Waals surface area (Å²) in [5.41, 5.74) is 2.27. The number of aryl methyl sites for hydroxylation is 1. The van der Waals surface area contributed by atoms with E-state index in [2.05, 4.69) is 23.6 Å². The molecule has 0 aliphatic heterocycles. The minimum absolute atomic E-state index is 0.240. The van der Waals surface area contributed by atoms with Crippen LogP contribution >= 0.6 is 0 Å². The SMILES string of the molecule is CC(C)c1nc2cc(NS(=O)(=O)c3ccccc3)ccc2n1C. The molecular weight excluding hydrogens is 310 g/mol. The number of hydrogen-bond donors (Lipinski definition) is 1. The largest absolute Gasteiger partial charge is 0.331 e. The van der Waals surface area contributed by atoms with Crippen LogP contribution in [0.15, 0.2) is 53.4 Å². The van der Waals surface area contributed by atoms with E-state index < -0.39 is 10.0 Å². The summed E-state index contributed by atoms with van der Waals surface area (Å²) in [6, 6.07) is 13.7. The van der Waals surface area contributed by atoms with Gasteiger partial charge in [-0.2, -0.15) is 0 Å². The third kappa shape index (κ3) is 2.94. The number of benzene rings is 2. The molecule has 3 aromatic rings. The lowest BCUT2D eigenvalue weighted by Gasteiger charge is -2.08. The Labute approximate surface area is 136 Å². The van der Waals surface area contributed by atoms with E-state index in [9.17, 15) is 8.42 Å². The quantitative estimate of drug-likeness (QED) is 0.797. The Bertz CT molecular complexity index is 945. The van der Waals surface area contributed by atoms with Gasteiger partial charge in [-0.3, -0.25) is 4.72 Å². The fourth-order valence-corrected chi connectivity index (χ4v) is 3.68. The molecule has 0 radical (unpaired) electrons. The average Bonchev–Trinajstić information content (AvgIpc) is 2.84. The molecule has 23 heavy (non-hydrogen) atoms. The number of anilines is 1. The van der Waals surface area contributed by atoms with Gasteiger partial charge in [0.15, 0.2) is 0 Å². The molecule has 1 heterocycles. The molecule has 0 saturated carbocycles. The van der Waals surface area contributed by atoms with Crippen LogP contribution in [0, 0.1) is 0 Å². The van der Waals surface area contributed by atoms with Gasteiger partial charge < -0.3 is 4.57 Å². The van der Waals surface area contributed by atoms with Gasteiger partial charge in [0.2, 0.25) is 0 Å². The van der Waals surface area contributed by atoms with Crippen LogP contribution in [0.4, 0.5) is 5.69 Å². The molecule has 0 atom stereocenters. The maximum Gasteiger partial charge on any atom is 0.261 e. The smallest absolute Gasteiger partial charge is 0.261 e.